The Balaban J connectivity index is 1.45. The molecule has 9 rings (SSSR count). The SMILES string of the molecule is CC(C)(C)c1ccc(N2c3cc(C(C)(C)C)cc4c3B(c3cc(C(C)(C)C)cc5c3N4C3(C)CCCCC53C)c3sc4ccc(C(C)(C)C)cc4c32)cc1. The minimum Gasteiger partial charge on any atom is -0.335 e. The Labute approximate surface area is 330 Å². The zero-order valence-corrected chi connectivity index (χ0v) is 36.4. The first-order valence-corrected chi connectivity index (χ1v) is 21.5. The zero-order valence-electron chi connectivity index (χ0n) is 35.6. The van der Waals surface area contributed by atoms with E-state index in [2.05, 4.69) is 173 Å². The van der Waals surface area contributed by atoms with Gasteiger partial charge in [-0.2, -0.15) is 0 Å². The summed E-state index contributed by atoms with van der Waals surface area (Å²) in [5.74, 6) is 0. The van der Waals surface area contributed by atoms with E-state index >= 15 is 0 Å². The van der Waals surface area contributed by atoms with Crippen LogP contribution in [-0.4, -0.2) is 12.3 Å². The van der Waals surface area contributed by atoms with Gasteiger partial charge in [-0.15, -0.1) is 11.3 Å². The number of benzene rings is 4. The molecule has 0 saturated heterocycles. The molecule has 2 atom stereocenters. The Morgan fingerprint density at radius 3 is 1.80 bits per heavy atom. The average Bonchev–Trinajstić information content (AvgIpc) is 3.55. The highest BCUT2D eigenvalue weighted by Crippen LogP contribution is 2.62. The molecule has 4 heterocycles. The molecular formula is C50H61BN2S. The van der Waals surface area contributed by atoms with E-state index in [-0.39, 0.29) is 39.3 Å². The predicted octanol–water partition coefficient (Wildman–Crippen LogP) is 12.4. The molecule has 54 heavy (non-hydrogen) atoms. The second-order valence-electron chi connectivity index (χ2n) is 21.9. The Kier molecular flexibility index (Phi) is 7.42. The van der Waals surface area contributed by atoms with Gasteiger partial charge in [0.2, 0.25) is 0 Å². The molecule has 4 aromatic carbocycles. The molecule has 3 aliphatic heterocycles. The second-order valence-corrected chi connectivity index (χ2v) is 23.0. The summed E-state index contributed by atoms with van der Waals surface area (Å²) in [7, 11) is 0. The summed E-state index contributed by atoms with van der Waals surface area (Å²) in [5, 5.41) is 1.38. The minimum atomic E-state index is -0.0190. The monoisotopic (exact) mass is 732 g/mol. The first-order chi connectivity index (χ1) is 25.0. The van der Waals surface area contributed by atoms with Crippen LogP contribution in [0.15, 0.2) is 66.7 Å². The fraction of sp³-hybridized carbons (Fsp3) is 0.480. The van der Waals surface area contributed by atoms with Gasteiger partial charge in [-0.1, -0.05) is 133 Å². The molecule has 5 aromatic rings. The van der Waals surface area contributed by atoms with E-state index in [1.807, 2.05) is 11.3 Å². The third kappa shape index (κ3) is 4.90. The Morgan fingerprint density at radius 2 is 1.17 bits per heavy atom. The van der Waals surface area contributed by atoms with Crippen LogP contribution < -0.4 is 25.5 Å². The largest absolute Gasteiger partial charge is 0.335 e. The van der Waals surface area contributed by atoms with Gasteiger partial charge in [-0.05, 0) is 117 Å². The lowest BCUT2D eigenvalue weighted by atomic mass is 9.35. The number of nitrogens with zero attached hydrogens (tertiary/aromatic N) is 2. The van der Waals surface area contributed by atoms with Gasteiger partial charge in [-0.3, -0.25) is 0 Å². The van der Waals surface area contributed by atoms with Crippen LogP contribution in [0.5, 0.6) is 0 Å². The molecule has 0 N–H and O–H groups in total. The van der Waals surface area contributed by atoms with E-state index in [0.717, 1.165) is 0 Å². The van der Waals surface area contributed by atoms with Crippen LogP contribution in [0.25, 0.3) is 10.1 Å². The summed E-state index contributed by atoms with van der Waals surface area (Å²) in [5.41, 5.74) is 17.5. The maximum Gasteiger partial charge on any atom is 0.264 e. The van der Waals surface area contributed by atoms with Gasteiger partial charge in [0.05, 0.1) is 11.2 Å². The van der Waals surface area contributed by atoms with Crippen molar-refractivity contribution in [2.75, 3.05) is 9.80 Å². The van der Waals surface area contributed by atoms with E-state index in [1.165, 1.54) is 102 Å². The van der Waals surface area contributed by atoms with Crippen molar-refractivity contribution in [3.8, 4) is 0 Å². The Hall–Kier alpha value is -3.50. The lowest BCUT2D eigenvalue weighted by molar-refractivity contribution is 0.195. The maximum atomic E-state index is 2.91. The molecule has 0 spiro atoms. The van der Waals surface area contributed by atoms with E-state index in [9.17, 15) is 0 Å². The van der Waals surface area contributed by atoms with Gasteiger partial charge >= 0.3 is 0 Å². The number of hydrogen-bond acceptors (Lipinski definition) is 3. The van der Waals surface area contributed by atoms with Gasteiger partial charge in [0.25, 0.3) is 6.71 Å². The molecule has 0 amide bonds. The molecule has 4 heteroatoms. The van der Waals surface area contributed by atoms with Gasteiger partial charge in [0.15, 0.2) is 0 Å². The highest BCUT2D eigenvalue weighted by molar-refractivity contribution is 7.33. The molecule has 2 nitrogen and oxygen atoms in total. The fourth-order valence-electron chi connectivity index (χ4n) is 10.5. The van der Waals surface area contributed by atoms with Crippen molar-refractivity contribution in [2.24, 2.45) is 0 Å². The lowest BCUT2D eigenvalue weighted by Crippen LogP contribution is -2.64. The van der Waals surface area contributed by atoms with Gasteiger partial charge in [0, 0.05) is 43.0 Å². The van der Waals surface area contributed by atoms with E-state index in [4.69, 9.17) is 0 Å². The topological polar surface area (TPSA) is 6.48 Å². The summed E-state index contributed by atoms with van der Waals surface area (Å²) in [4.78, 5) is 5.60. The first kappa shape index (κ1) is 36.2. The Morgan fingerprint density at radius 1 is 0.593 bits per heavy atom. The summed E-state index contributed by atoms with van der Waals surface area (Å²) >= 11 is 2.04. The van der Waals surface area contributed by atoms with E-state index in [0.29, 0.717) is 0 Å². The minimum absolute atomic E-state index is 0.00464. The molecule has 1 aromatic heterocycles. The number of hydrogen-bond donors (Lipinski definition) is 0. The first-order valence-electron chi connectivity index (χ1n) is 20.7. The van der Waals surface area contributed by atoms with E-state index < -0.39 is 0 Å². The van der Waals surface area contributed by atoms with Crippen molar-refractivity contribution in [2.45, 2.75) is 155 Å². The average molecular weight is 733 g/mol. The van der Waals surface area contributed by atoms with Crippen molar-refractivity contribution < 1.29 is 0 Å². The van der Waals surface area contributed by atoms with Crippen molar-refractivity contribution in [1.82, 2.24) is 0 Å². The highest BCUT2D eigenvalue weighted by Gasteiger charge is 2.62. The number of rotatable bonds is 1. The summed E-state index contributed by atoms with van der Waals surface area (Å²) in [6, 6.07) is 27.4. The summed E-state index contributed by atoms with van der Waals surface area (Å²) in [6.45, 7) is 33.9. The van der Waals surface area contributed by atoms with Crippen LogP contribution in [0, 0.1) is 0 Å². The van der Waals surface area contributed by atoms with Gasteiger partial charge in [0.1, 0.15) is 0 Å². The number of fused-ring (bicyclic) bond motifs is 9. The molecule has 1 aliphatic carbocycles. The van der Waals surface area contributed by atoms with Gasteiger partial charge in [-0.25, -0.2) is 0 Å². The van der Waals surface area contributed by atoms with Gasteiger partial charge < -0.3 is 9.80 Å². The highest BCUT2D eigenvalue weighted by atomic mass is 32.1. The fourth-order valence-corrected chi connectivity index (χ4v) is 11.8. The molecule has 1 saturated carbocycles. The number of thiophene rings is 1. The van der Waals surface area contributed by atoms with Crippen molar-refractivity contribution in [3.63, 3.8) is 0 Å². The van der Waals surface area contributed by atoms with Crippen molar-refractivity contribution >= 4 is 72.3 Å². The van der Waals surface area contributed by atoms with Crippen LogP contribution in [-0.2, 0) is 27.1 Å². The predicted molar refractivity (Wildman–Crippen MR) is 239 cm³/mol. The van der Waals surface area contributed by atoms with Crippen molar-refractivity contribution in [3.05, 3.63) is 94.5 Å². The van der Waals surface area contributed by atoms with Crippen LogP contribution in [0.1, 0.15) is 150 Å². The molecule has 0 radical (unpaired) electrons. The van der Waals surface area contributed by atoms with Crippen LogP contribution in [0.4, 0.5) is 28.4 Å². The molecule has 1 fully saturated rings. The standard InChI is InChI=1S/C50H61BN2S/c1-45(2,3)30-17-20-34(21-18-30)52-38-28-33(48(10,11)12)29-39-41(38)51(44-42(52)35-25-31(46(4,5)6)19-22-40(35)54-44)37-27-32(47(7,8)9)26-36-43(37)53(39)50(14)24-16-15-23-49(36,50)13/h17-22,25-29H,15-16,23-24H2,1-14H3. The van der Waals surface area contributed by atoms with Crippen LogP contribution >= 0.6 is 11.3 Å². The second kappa shape index (κ2) is 11.1. The molecule has 0 bridgehead atoms. The quantitative estimate of drug-likeness (QED) is 0.155. The summed E-state index contributed by atoms with van der Waals surface area (Å²) < 4.78 is 2.87. The third-order valence-corrected chi connectivity index (χ3v) is 15.4. The number of anilines is 5. The normalized spacial score (nSPS) is 22.0. The van der Waals surface area contributed by atoms with Crippen LogP contribution in [0.3, 0.4) is 0 Å². The molecule has 4 aliphatic rings. The molecule has 280 valence electrons. The molecular weight excluding hydrogens is 671 g/mol. The Bertz CT molecular complexity index is 2370. The van der Waals surface area contributed by atoms with E-state index in [1.54, 1.807) is 5.56 Å². The summed E-state index contributed by atoms with van der Waals surface area (Å²) in [6.07, 6.45) is 5.03. The third-order valence-electron chi connectivity index (χ3n) is 14.2. The maximum absolute atomic E-state index is 2.91. The lowest BCUT2D eigenvalue weighted by Gasteiger charge is -2.52. The molecule has 2 unspecified atom stereocenters. The van der Waals surface area contributed by atoms with Crippen molar-refractivity contribution in [1.29, 1.82) is 0 Å². The zero-order chi connectivity index (χ0) is 38.7. The smallest absolute Gasteiger partial charge is 0.264 e. The van der Waals surface area contributed by atoms with Crippen LogP contribution in [0.2, 0.25) is 0 Å².